The average molecular weight is 965 g/mol. The van der Waals surface area contributed by atoms with Crippen LogP contribution in [0.4, 0.5) is 0 Å². The van der Waals surface area contributed by atoms with Crippen molar-refractivity contribution >= 4 is 29.3 Å². The van der Waals surface area contributed by atoms with Crippen molar-refractivity contribution in [3.63, 3.8) is 0 Å². The van der Waals surface area contributed by atoms with Crippen molar-refractivity contribution in [3.05, 3.63) is 0 Å². The van der Waals surface area contributed by atoms with Crippen LogP contribution in [-0.2, 0) is 19.1 Å². The molecule has 0 aromatic rings. The smallest absolute Gasteiger partial charge is 1.00 e. The fourth-order valence-corrected chi connectivity index (χ4v) is 16.4. The summed E-state index contributed by atoms with van der Waals surface area (Å²) >= 11 is 0. The number of carbonyl (C=O) groups excluding carboxylic acids is 2. The quantitative estimate of drug-likeness (QED) is 0.125. The second-order valence-corrected chi connectivity index (χ2v) is 28.0. The molecule has 68 heavy (non-hydrogen) atoms. The number of rotatable bonds is 15. The van der Waals surface area contributed by atoms with Crippen LogP contribution in [0.25, 0.3) is 0 Å². The van der Waals surface area contributed by atoms with Gasteiger partial charge in [-0.3, -0.25) is 9.59 Å². The number of hydrogen-bond donors (Lipinski definition) is 2. The van der Waals surface area contributed by atoms with E-state index in [-0.39, 0.29) is 67.9 Å². The summed E-state index contributed by atoms with van der Waals surface area (Å²) in [6.07, 6.45) is 30.0. The zero-order chi connectivity index (χ0) is 49.5. The third-order valence-electron chi connectivity index (χ3n) is 19.7. The summed E-state index contributed by atoms with van der Waals surface area (Å²) in [5, 5.41) is 20.2. The van der Waals surface area contributed by atoms with Crippen LogP contribution >= 0.6 is 0 Å². The Bertz CT molecular complexity index is 1430. The van der Waals surface area contributed by atoms with E-state index < -0.39 is 5.60 Å². The van der Waals surface area contributed by atoms with Gasteiger partial charge in [-0.1, -0.05) is 128 Å². The largest absolute Gasteiger partial charge is 1.00 e. The fraction of sp³-hybridized carbons (Fsp3) is 0.967. The molecule has 2 N–H and O–H groups in total. The normalized spacial score (nSPS) is 35.8. The number of fused-ring (bicyclic) bond motifs is 3. The van der Waals surface area contributed by atoms with Crippen LogP contribution in [0.3, 0.4) is 0 Å². The van der Waals surface area contributed by atoms with Gasteiger partial charge in [0.2, 0.25) is 0 Å². The average Bonchev–Trinajstić information content (AvgIpc) is 3.84. The molecule has 6 aliphatic rings. The van der Waals surface area contributed by atoms with Crippen molar-refractivity contribution in [2.45, 2.75) is 289 Å². The van der Waals surface area contributed by atoms with E-state index in [1.807, 2.05) is 13.8 Å². The molecule has 15 atom stereocenters. The summed E-state index contributed by atoms with van der Waals surface area (Å²) in [4.78, 5) is 22.8. The van der Waals surface area contributed by atoms with Gasteiger partial charge in [0.05, 0.1) is 11.7 Å². The molecule has 0 aliphatic heterocycles. The summed E-state index contributed by atoms with van der Waals surface area (Å²) in [5.41, 5.74) is 1.52. The topological polar surface area (TPSA) is 93.1 Å². The zero-order valence-electron chi connectivity index (χ0n) is 48.4. The van der Waals surface area contributed by atoms with Gasteiger partial charge in [0.15, 0.2) is 17.4 Å². The molecule has 0 aromatic heterocycles. The van der Waals surface area contributed by atoms with Crippen molar-refractivity contribution in [1.29, 1.82) is 0 Å². The van der Waals surface area contributed by atoms with Crippen molar-refractivity contribution in [2.24, 2.45) is 80.3 Å². The van der Waals surface area contributed by atoms with Gasteiger partial charge in [-0.05, 0) is 192 Å². The third kappa shape index (κ3) is 17.8. The predicted octanol–water partition coefficient (Wildman–Crippen LogP) is 12.0. The fourth-order valence-electron chi connectivity index (χ4n) is 16.4. The summed E-state index contributed by atoms with van der Waals surface area (Å²) in [5.74, 6) is 6.20. The Hall–Kier alpha value is -0.0101. The first kappa shape index (κ1) is 64.1. The number of aliphatic hydroxyl groups excluding tert-OH is 1. The van der Waals surface area contributed by atoms with Crippen LogP contribution in [0.1, 0.15) is 266 Å². The SMILES string of the molecule is CC(=O)O[C@H]1CCC[C@@]2(C)C1CC[C@@H]2[C@H](C)CCCC(C)(C)C.CC(=O)O[C@H]1CCC[C@@]2(C)C1CC[C@@H]2[C@H](C)CCCC(C)(C)O.C[C@H](CCCC(C)(C)C)[C@H]1CCC2[C@@H](O)CCC[C@@]21C.[AlH3].[H-].[Li+]. The first-order valence-electron chi connectivity index (χ1n) is 28.3. The van der Waals surface area contributed by atoms with Crippen LogP contribution in [0.15, 0.2) is 0 Å². The molecule has 6 nitrogen and oxygen atoms in total. The molecule has 8 heteroatoms. The van der Waals surface area contributed by atoms with E-state index >= 15 is 0 Å². The standard InChI is InChI=1S/C21H38O2.C20H36O3.C19H36O.Al.Li.4H/c1-15(9-7-13-20(3,4)5)17-11-12-18-19(23-16(2)22)10-8-14-21(17,18)6;1-14(8-6-12-19(3,4)22)16-10-11-17-18(23-15(2)21)9-7-13-20(16,17)5;1-14(8-6-12-18(2,3)4)15-10-11-16-17(20)9-7-13-19(15,16)5;;;;;;/h15,17-19H,7-14H2,1-6H3;14,16-18,22H,6-13H2,1-5H3;14-17,20H,6-13H2,1-5H3;;;;;;/q;;;;+1;;;;-1/t15-,17-,18?,19+,21-;14-,16-,17?,18+,20-;14-,15-,16?,17+,19-;;;;;;/m111....../s1. The number of ether oxygens (including phenoxy) is 2. The van der Waals surface area contributed by atoms with Crippen molar-refractivity contribution in [1.82, 2.24) is 0 Å². The van der Waals surface area contributed by atoms with E-state index in [1.165, 1.54) is 129 Å². The van der Waals surface area contributed by atoms with Crippen LogP contribution in [0, 0.1) is 80.3 Å². The van der Waals surface area contributed by atoms with Gasteiger partial charge in [-0.15, -0.1) is 0 Å². The summed E-state index contributed by atoms with van der Waals surface area (Å²) in [6, 6.07) is 0. The minimum Gasteiger partial charge on any atom is -1.00 e. The molecule has 0 spiro atoms. The Balaban J connectivity index is 0.000000508. The molecule has 0 saturated heterocycles. The van der Waals surface area contributed by atoms with Crippen molar-refractivity contribution < 1.29 is 49.6 Å². The Morgan fingerprint density at radius 3 is 1.18 bits per heavy atom. The Morgan fingerprint density at radius 2 is 0.853 bits per heavy atom. The third-order valence-corrected chi connectivity index (χ3v) is 19.7. The van der Waals surface area contributed by atoms with Crippen molar-refractivity contribution in [3.8, 4) is 0 Å². The van der Waals surface area contributed by atoms with Gasteiger partial charge in [-0.2, -0.15) is 0 Å². The maximum Gasteiger partial charge on any atom is 1.00 e. The van der Waals surface area contributed by atoms with E-state index in [9.17, 15) is 19.8 Å². The van der Waals surface area contributed by atoms with E-state index in [1.54, 1.807) is 6.92 Å². The van der Waals surface area contributed by atoms with E-state index in [4.69, 9.17) is 9.47 Å². The van der Waals surface area contributed by atoms with Gasteiger partial charge in [-0.25, -0.2) is 0 Å². The monoisotopic (exact) mass is 965 g/mol. The van der Waals surface area contributed by atoms with Crippen LogP contribution < -0.4 is 18.9 Å². The van der Waals surface area contributed by atoms with Gasteiger partial charge in [0, 0.05) is 25.7 Å². The molecule has 3 unspecified atom stereocenters. The molecule has 0 radical (unpaired) electrons. The summed E-state index contributed by atoms with van der Waals surface area (Å²) in [6.45, 7) is 35.7. The Morgan fingerprint density at radius 1 is 0.544 bits per heavy atom. The molecular weight excluding hydrogens is 851 g/mol. The molecule has 6 rings (SSSR count). The van der Waals surface area contributed by atoms with Crippen LogP contribution in [0.2, 0.25) is 0 Å². The molecular formula is C60H114AlLiO6. The first-order chi connectivity index (χ1) is 30.5. The summed E-state index contributed by atoms with van der Waals surface area (Å²) < 4.78 is 11.3. The second-order valence-electron chi connectivity index (χ2n) is 28.0. The van der Waals surface area contributed by atoms with Gasteiger partial charge >= 0.3 is 30.8 Å². The molecule has 6 aliphatic carbocycles. The Labute approximate surface area is 445 Å². The Kier molecular flexibility index (Phi) is 25.4. The number of aliphatic hydroxyl groups is 2. The van der Waals surface area contributed by atoms with Crippen molar-refractivity contribution in [2.75, 3.05) is 0 Å². The number of carbonyl (C=O) groups is 2. The molecule has 6 fully saturated rings. The van der Waals surface area contributed by atoms with Crippen LogP contribution in [-0.4, -0.2) is 63.4 Å². The maximum absolute atomic E-state index is 11.4. The number of esters is 2. The predicted molar refractivity (Wildman–Crippen MR) is 287 cm³/mol. The molecule has 0 aromatic carbocycles. The maximum atomic E-state index is 11.4. The molecule has 0 heterocycles. The first-order valence-corrected chi connectivity index (χ1v) is 28.3. The minimum absolute atomic E-state index is 0. The van der Waals surface area contributed by atoms with E-state index in [0.29, 0.717) is 50.7 Å². The second kappa shape index (κ2) is 27.0. The molecule has 6 saturated carbocycles. The number of hydrogen-bond acceptors (Lipinski definition) is 6. The van der Waals surface area contributed by atoms with E-state index in [2.05, 4.69) is 83.1 Å². The van der Waals surface area contributed by atoms with Gasteiger partial charge < -0.3 is 21.1 Å². The molecule has 0 amide bonds. The van der Waals surface area contributed by atoms with Gasteiger partial charge in [0.25, 0.3) is 0 Å². The van der Waals surface area contributed by atoms with Gasteiger partial charge in [0.1, 0.15) is 12.2 Å². The summed E-state index contributed by atoms with van der Waals surface area (Å²) in [7, 11) is 0. The van der Waals surface area contributed by atoms with Crippen LogP contribution in [0.5, 0.6) is 0 Å². The minimum atomic E-state index is -0.549. The van der Waals surface area contributed by atoms with E-state index in [0.717, 1.165) is 61.7 Å². The molecule has 394 valence electrons. The zero-order valence-corrected chi connectivity index (χ0v) is 47.4. The molecule has 0 bridgehead atoms.